The van der Waals surface area contributed by atoms with E-state index in [-0.39, 0.29) is 24.3 Å². The molecule has 0 radical (unpaired) electrons. The summed E-state index contributed by atoms with van der Waals surface area (Å²) in [4.78, 5) is 30.3. The van der Waals surface area contributed by atoms with Crippen molar-refractivity contribution in [3.05, 3.63) is 75.0 Å². The first-order chi connectivity index (χ1) is 16.8. The van der Waals surface area contributed by atoms with E-state index >= 15 is 0 Å². The zero-order valence-corrected chi connectivity index (χ0v) is 22.0. The number of carbonyl (C=O) groups excluding carboxylic acids is 2. The largest absolute Gasteiger partial charge is 0.493 e. The van der Waals surface area contributed by atoms with Gasteiger partial charge in [-0.1, -0.05) is 34.1 Å². The lowest BCUT2D eigenvalue weighted by Gasteiger charge is -2.19. The number of benzene rings is 2. The lowest BCUT2D eigenvalue weighted by molar-refractivity contribution is 0.0525. The van der Waals surface area contributed by atoms with Crippen molar-refractivity contribution in [3.8, 4) is 22.6 Å². The van der Waals surface area contributed by atoms with E-state index in [2.05, 4.69) is 20.9 Å². The number of ether oxygens (including phenoxy) is 4. The Hall–Kier alpha value is -3.39. The number of nitrogens with zero attached hydrogens (tertiary/aromatic N) is 1. The van der Waals surface area contributed by atoms with Gasteiger partial charge in [-0.3, -0.25) is 4.98 Å². The Morgan fingerprint density at radius 2 is 1.43 bits per heavy atom. The van der Waals surface area contributed by atoms with Crippen LogP contribution in [0.5, 0.6) is 11.5 Å². The fourth-order valence-electron chi connectivity index (χ4n) is 3.73. The van der Waals surface area contributed by atoms with E-state index in [9.17, 15) is 9.59 Å². The number of carbonyl (C=O) groups is 2. The molecular weight excluding hydrogens is 514 g/mol. The first-order valence-electron chi connectivity index (χ1n) is 11.2. The van der Waals surface area contributed by atoms with E-state index in [0.29, 0.717) is 40.6 Å². The molecule has 0 atom stereocenters. The highest BCUT2D eigenvalue weighted by molar-refractivity contribution is 9.10. The Kier molecular flexibility index (Phi) is 8.87. The number of rotatable bonds is 9. The Morgan fingerprint density at radius 3 is 1.94 bits per heavy atom. The molecule has 0 amide bonds. The Morgan fingerprint density at radius 1 is 0.857 bits per heavy atom. The maximum absolute atomic E-state index is 12.9. The van der Waals surface area contributed by atoms with Crippen molar-refractivity contribution in [1.29, 1.82) is 0 Å². The van der Waals surface area contributed by atoms with Crippen molar-refractivity contribution < 1.29 is 28.5 Å². The third kappa shape index (κ3) is 6.00. The minimum Gasteiger partial charge on any atom is -0.493 e. The zero-order valence-electron chi connectivity index (χ0n) is 20.4. The molecule has 7 nitrogen and oxygen atoms in total. The van der Waals surface area contributed by atoms with Crippen molar-refractivity contribution >= 4 is 27.9 Å². The van der Waals surface area contributed by atoms with E-state index in [0.717, 1.165) is 10.0 Å². The van der Waals surface area contributed by atoms with Gasteiger partial charge in [-0.15, -0.1) is 0 Å². The molecule has 8 heteroatoms. The third-order valence-corrected chi connectivity index (χ3v) is 5.81. The van der Waals surface area contributed by atoms with Gasteiger partial charge in [-0.2, -0.15) is 0 Å². The highest BCUT2D eigenvalue weighted by Crippen LogP contribution is 2.38. The van der Waals surface area contributed by atoms with Crippen LogP contribution in [0.2, 0.25) is 0 Å². The van der Waals surface area contributed by atoms with E-state index in [4.69, 9.17) is 18.9 Å². The Bertz CT molecular complexity index is 1180. The summed E-state index contributed by atoms with van der Waals surface area (Å²) < 4.78 is 23.1. The van der Waals surface area contributed by atoms with Gasteiger partial charge < -0.3 is 18.9 Å². The SMILES string of the molecule is CCOC(=O)c1c(C)nc(C)c(C(=O)OCC)c1-c1ccc(OCc2ccc(Br)cc2)c(OC)c1. The molecule has 3 rings (SSSR count). The summed E-state index contributed by atoms with van der Waals surface area (Å²) in [5.41, 5.74) is 3.31. The monoisotopic (exact) mass is 541 g/mol. The van der Waals surface area contributed by atoms with Crippen molar-refractivity contribution in [2.24, 2.45) is 0 Å². The normalized spacial score (nSPS) is 10.6. The predicted molar refractivity (Wildman–Crippen MR) is 136 cm³/mol. The quantitative estimate of drug-likeness (QED) is 0.304. The van der Waals surface area contributed by atoms with Crippen molar-refractivity contribution in [2.75, 3.05) is 20.3 Å². The number of pyridine rings is 1. The van der Waals surface area contributed by atoms with Gasteiger partial charge in [-0.05, 0) is 63.1 Å². The van der Waals surface area contributed by atoms with Gasteiger partial charge in [0.1, 0.15) is 6.61 Å². The van der Waals surface area contributed by atoms with Crippen LogP contribution >= 0.6 is 15.9 Å². The topological polar surface area (TPSA) is 84.0 Å². The van der Waals surface area contributed by atoms with E-state index in [1.807, 2.05) is 24.3 Å². The molecule has 1 heterocycles. The highest BCUT2D eigenvalue weighted by atomic mass is 79.9. The molecule has 1 aromatic heterocycles. The van der Waals surface area contributed by atoms with E-state index < -0.39 is 11.9 Å². The molecule has 184 valence electrons. The summed E-state index contributed by atoms with van der Waals surface area (Å²) in [7, 11) is 1.53. The van der Waals surface area contributed by atoms with Crippen molar-refractivity contribution in [3.63, 3.8) is 0 Å². The van der Waals surface area contributed by atoms with Crippen molar-refractivity contribution in [2.45, 2.75) is 34.3 Å². The molecule has 0 aliphatic heterocycles. The fourth-order valence-corrected chi connectivity index (χ4v) is 3.99. The van der Waals surface area contributed by atoms with Gasteiger partial charge >= 0.3 is 11.9 Å². The average Bonchev–Trinajstić information content (AvgIpc) is 2.83. The Balaban J connectivity index is 2.12. The molecule has 0 aliphatic carbocycles. The lowest BCUT2D eigenvalue weighted by Crippen LogP contribution is -2.17. The molecule has 0 aliphatic rings. The minimum atomic E-state index is -0.562. The number of aryl methyl sites for hydroxylation is 2. The zero-order chi connectivity index (χ0) is 25.5. The smallest absolute Gasteiger partial charge is 0.340 e. The number of aromatic nitrogens is 1. The molecule has 0 saturated carbocycles. The predicted octanol–water partition coefficient (Wildman–Crippen LogP) is 6.07. The molecule has 0 spiro atoms. The average molecular weight is 542 g/mol. The fraction of sp³-hybridized carbons (Fsp3) is 0.296. The van der Waals surface area contributed by atoms with Crippen molar-refractivity contribution in [1.82, 2.24) is 4.98 Å². The van der Waals surface area contributed by atoms with Crippen LogP contribution in [0.15, 0.2) is 46.9 Å². The molecule has 2 aromatic carbocycles. The number of methoxy groups -OCH3 is 1. The number of halogens is 1. The second-order valence-corrected chi connectivity index (χ2v) is 8.55. The van der Waals surface area contributed by atoms with Crippen LogP contribution in [0.1, 0.15) is 51.5 Å². The molecule has 0 N–H and O–H groups in total. The van der Waals surface area contributed by atoms with Gasteiger partial charge in [0.05, 0.1) is 42.8 Å². The van der Waals surface area contributed by atoms with Gasteiger partial charge in [0.25, 0.3) is 0 Å². The van der Waals surface area contributed by atoms with Crippen LogP contribution in [-0.4, -0.2) is 37.2 Å². The summed E-state index contributed by atoms with van der Waals surface area (Å²) in [6, 6.07) is 13.1. The molecule has 35 heavy (non-hydrogen) atoms. The number of hydrogen-bond donors (Lipinski definition) is 0. The lowest BCUT2D eigenvalue weighted by atomic mass is 9.92. The Labute approximate surface area is 213 Å². The van der Waals surface area contributed by atoms with Gasteiger partial charge in [0, 0.05) is 10.0 Å². The third-order valence-electron chi connectivity index (χ3n) is 5.28. The van der Waals surface area contributed by atoms with E-state index in [1.54, 1.807) is 45.9 Å². The standard InChI is InChI=1S/C27H28BrNO6/c1-6-33-26(30)23-16(3)29-17(4)24(27(31)34-7-2)25(23)19-10-13-21(22(14-19)32-5)35-15-18-8-11-20(28)12-9-18/h8-14H,6-7,15H2,1-5H3. The maximum atomic E-state index is 12.9. The highest BCUT2D eigenvalue weighted by Gasteiger charge is 2.28. The summed E-state index contributed by atoms with van der Waals surface area (Å²) in [6.45, 7) is 7.59. The van der Waals surface area contributed by atoms with Gasteiger partial charge in [0.15, 0.2) is 11.5 Å². The van der Waals surface area contributed by atoms with Crippen LogP contribution in [0, 0.1) is 13.8 Å². The van der Waals surface area contributed by atoms with Crippen LogP contribution in [0.4, 0.5) is 0 Å². The van der Waals surface area contributed by atoms with Crippen LogP contribution in [0.25, 0.3) is 11.1 Å². The van der Waals surface area contributed by atoms with Gasteiger partial charge in [-0.25, -0.2) is 9.59 Å². The minimum absolute atomic E-state index is 0.187. The summed E-state index contributed by atoms with van der Waals surface area (Å²) >= 11 is 3.42. The number of esters is 2. The molecule has 0 fully saturated rings. The summed E-state index contributed by atoms with van der Waals surface area (Å²) in [5, 5.41) is 0. The van der Waals surface area contributed by atoms with E-state index in [1.165, 1.54) is 7.11 Å². The second-order valence-electron chi connectivity index (χ2n) is 7.63. The van der Waals surface area contributed by atoms with Gasteiger partial charge in [0.2, 0.25) is 0 Å². The molecule has 3 aromatic rings. The summed E-state index contributed by atoms with van der Waals surface area (Å²) in [6.07, 6.45) is 0. The van der Waals surface area contributed by atoms with Crippen LogP contribution in [-0.2, 0) is 16.1 Å². The second kappa shape index (κ2) is 11.8. The molecular formula is C27H28BrNO6. The first kappa shape index (κ1) is 26.2. The van der Waals surface area contributed by atoms with Crippen LogP contribution < -0.4 is 9.47 Å². The number of hydrogen-bond acceptors (Lipinski definition) is 7. The summed E-state index contributed by atoms with van der Waals surface area (Å²) in [5.74, 6) is -0.145. The maximum Gasteiger partial charge on any atom is 0.340 e. The molecule has 0 bridgehead atoms. The molecule has 0 saturated heterocycles. The van der Waals surface area contributed by atoms with Crippen LogP contribution in [0.3, 0.4) is 0 Å². The first-order valence-corrected chi connectivity index (χ1v) is 12.0. The molecule has 0 unspecified atom stereocenters.